The standard InChI is InChI=1S/C13H18N4S/c1-17-9-2-5-12(17)11-14-6-4-10-18-13-15-7-3-8-16-13/h2-3,5,7-9,14H,4,6,10-11H2,1H3. The fourth-order valence-electron chi connectivity index (χ4n) is 1.62. The quantitative estimate of drug-likeness (QED) is 0.471. The zero-order valence-electron chi connectivity index (χ0n) is 10.5. The summed E-state index contributed by atoms with van der Waals surface area (Å²) in [5.74, 6) is 1.05. The first-order valence-corrected chi connectivity index (χ1v) is 7.05. The zero-order chi connectivity index (χ0) is 12.6. The molecule has 0 fully saturated rings. The van der Waals surface area contributed by atoms with Crippen LogP contribution in [0.5, 0.6) is 0 Å². The summed E-state index contributed by atoms with van der Waals surface area (Å²) in [6, 6.07) is 6.05. The molecular weight excluding hydrogens is 244 g/mol. The van der Waals surface area contributed by atoms with Crippen LogP contribution in [0, 0.1) is 0 Å². The van der Waals surface area contributed by atoms with E-state index in [-0.39, 0.29) is 0 Å². The van der Waals surface area contributed by atoms with Crippen LogP contribution in [0.15, 0.2) is 41.9 Å². The van der Waals surface area contributed by atoms with Crippen LogP contribution in [0.4, 0.5) is 0 Å². The number of thioether (sulfide) groups is 1. The average Bonchev–Trinajstić information content (AvgIpc) is 2.81. The number of hydrogen-bond donors (Lipinski definition) is 1. The molecule has 1 N–H and O–H groups in total. The number of aryl methyl sites for hydroxylation is 1. The van der Waals surface area contributed by atoms with E-state index in [1.165, 1.54) is 5.69 Å². The molecule has 0 spiro atoms. The summed E-state index contributed by atoms with van der Waals surface area (Å²) in [5, 5.41) is 4.30. The summed E-state index contributed by atoms with van der Waals surface area (Å²) in [6.07, 6.45) is 6.75. The summed E-state index contributed by atoms with van der Waals surface area (Å²) < 4.78 is 2.14. The lowest BCUT2D eigenvalue weighted by Gasteiger charge is -2.05. The summed E-state index contributed by atoms with van der Waals surface area (Å²) in [5.41, 5.74) is 1.31. The lowest BCUT2D eigenvalue weighted by Crippen LogP contribution is -2.17. The van der Waals surface area contributed by atoms with E-state index < -0.39 is 0 Å². The zero-order valence-corrected chi connectivity index (χ0v) is 11.4. The first-order valence-electron chi connectivity index (χ1n) is 6.07. The lowest BCUT2D eigenvalue weighted by atomic mass is 10.4. The maximum atomic E-state index is 4.18. The monoisotopic (exact) mass is 262 g/mol. The molecule has 0 bridgehead atoms. The minimum absolute atomic E-state index is 0.861. The van der Waals surface area contributed by atoms with Crippen molar-refractivity contribution in [2.45, 2.75) is 18.1 Å². The van der Waals surface area contributed by atoms with Crippen LogP contribution in [-0.2, 0) is 13.6 Å². The fraction of sp³-hybridized carbons (Fsp3) is 0.385. The van der Waals surface area contributed by atoms with Crippen molar-refractivity contribution < 1.29 is 0 Å². The second-order valence-corrected chi connectivity index (χ2v) is 5.08. The Bertz CT molecular complexity index is 455. The first-order chi connectivity index (χ1) is 8.86. The van der Waals surface area contributed by atoms with E-state index >= 15 is 0 Å². The summed E-state index contributed by atoms with van der Waals surface area (Å²) in [7, 11) is 2.07. The van der Waals surface area contributed by atoms with Gasteiger partial charge in [-0.05, 0) is 31.2 Å². The third-order valence-corrected chi connectivity index (χ3v) is 3.59. The molecule has 4 nitrogen and oxygen atoms in total. The van der Waals surface area contributed by atoms with E-state index in [4.69, 9.17) is 0 Å². The van der Waals surface area contributed by atoms with E-state index in [9.17, 15) is 0 Å². The average molecular weight is 262 g/mol. The summed E-state index contributed by atoms with van der Waals surface area (Å²) in [6.45, 7) is 1.95. The predicted octanol–water partition coefficient (Wildman–Crippen LogP) is 2.09. The van der Waals surface area contributed by atoms with Crippen molar-refractivity contribution in [1.82, 2.24) is 19.9 Å². The molecule has 2 aromatic heterocycles. The van der Waals surface area contributed by atoms with Crippen molar-refractivity contribution in [1.29, 1.82) is 0 Å². The van der Waals surface area contributed by atoms with Gasteiger partial charge in [0.25, 0.3) is 0 Å². The van der Waals surface area contributed by atoms with Gasteiger partial charge in [-0.1, -0.05) is 11.8 Å². The van der Waals surface area contributed by atoms with Crippen LogP contribution in [0.3, 0.4) is 0 Å². The second kappa shape index (κ2) is 7.18. The SMILES string of the molecule is Cn1cccc1CNCCCSc1ncccn1. The Morgan fingerprint density at radius 1 is 1.28 bits per heavy atom. The van der Waals surface area contributed by atoms with Gasteiger partial charge >= 0.3 is 0 Å². The highest BCUT2D eigenvalue weighted by atomic mass is 32.2. The minimum atomic E-state index is 0.861. The Morgan fingerprint density at radius 2 is 2.11 bits per heavy atom. The molecule has 0 aliphatic carbocycles. The highest BCUT2D eigenvalue weighted by Crippen LogP contribution is 2.11. The molecule has 0 unspecified atom stereocenters. The number of nitrogens with zero attached hydrogens (tertiary/aromatic N) is 3. The number of aromatic nitrogens is 3. The van der Waals surface area contributed by atoms with Crippen LogP contribution >= 0.6 is 11.8 Å². The van der Waals surface area contributed by atoms with E-state index in [0.717, 1.165) is 30.4 Å². The van der Waals surface area contributed by atoms with Crippen molar-refractivity contribution in [2.24, 2.45) is 7.05 Å². The highest BCUT2D eigenvalue weighted by molar-refractivity contribution is 7.99. The van der Waals surface area contributed by atoms with Gasteiger partial charge < -0.3 is 9.88 Å². The van der Waals surface area contributed by atoms with Gasteiger partial charge in [-0.2, -0.15) is 0 Å². The van der Waals surface area contributed by atoms with Crippen LogP contribution < -0.4 is 5.32 Å². The molecule has 0 radical (unpaired) electrons. The van der Waals surface area contributed by atoms with Gasteiger partial charge in [0.1, 0.15) is 0 Å². The Hall–Kier alpha value is -1.33. The molecule has 0 saturated heterocycles. The van der Waals surface area contributed by atoms with Crippen molar-refractivity contribution in [3.63, 3.8) is 0 Å². The van der Waals surface area contributed by atoms with Crippen molar-refractivity contribution >= 4 is 11.8 Å². The van der Waals surface area contributed by atoms with Gasteiger partial charge in [-0.25, -0.2) is 9.97 Å². The molecule has 18 heavy (non-hydrogen) atoms. The normalized spacial score (nSPS) is 10.7. The lowest BCUT2D eigenvalue weighted by molar-refractivity contribution is 0.647. The molecule has 0 aromatic carbocycles. The number of nitrogens with one attached hydrogen (secondary N) is 1. The second-order valence-electron chi connectivity index (χ2n) is 4.02. The van der Waals surface area contributed by atoms with Gasteiger partial charge in [0.15, 0.2) is 5.16 Å². The van der Waals surface area contributed by atoms with Crippen LogP contribution in [0.25, 0.3) is 0 Å². The van der Waals surface area contributed by atoms with Crippen LogP contribution in [-0.4, -0.2) is 26.8 Å². The Morgan fingerprint density at radius 3 is 2.83 bits per heavy atom. The molecule has 0 atom stereocenters. The van der Waals surface area contributed by atoms with Crippen molar-refractivity contribution in [2.75, 3.05) is 12.3 Å². The van der Waals surface area contributed by atoms with E-state index in [1.807, 2.05) is 6.07 Å². The van der Waals surface area contributed by atoms with Crippen LogP contribution in [0.2, 0.25) is 0 Å². The largest absolute Gasteiger partial charge is 0.353 e. The predicted molar refractivity (Wildman–Crippen MR) is 74.5 cm³/mol. The fourth-order valence-corrected chi connectivity index (χ4v) is 2.36. The molecule has 2 heterocycles. The topological polar surface area (TPSA) is 42.7 Å². The molecule has 96 valence electrons. The van der Waals surface area contributed by atoms with Gasteiger partial charge in [0.2, 0.25) is 0 Å². The smallest absolute Gasteiger partial charge is 0.187 e. The molecule has 0 aliphatic heterocycles. The van der Waals surface area contributed by atoms with E-state index in [1.54, 1.807) is 24.2 Å². The molecule has 0 amide bonds. The third kappa shape index (κ3) is 4.16. The summed E-state index contributed by atoms with van der Waals surface area (Å²) in [4.78, 5) is 8.35. The highest BCUT2D eigenvalue weighted by Gasteiger charge is 1.97. The minimum Gasteiger partial charge on any atom is -0.353 e. The van der Waals surface area contributed by atoms with Gasteiger partial charge in [0, 0.05) is 43.6 Å². The molecule has 2 aromatic rings. The van der Waals surface area contributed by atoms with E-state index in [2.05, 4.69) is 45.2 Å². The van der Waals surface area contributed by atoms with Gasteiger partial charge in [-0.3, -0.25) is 0 Å². The number of rotatable bonds is 7. The Labute approximate surface area is 112 Å². The van der Waals surface area contributed by atoms with E-state index in [0.29, 0.717) is 0 Å². The maximum absolute atomic E-state index is 4.18. The summed E-state index contributed by atoms with van der Waals surface area (Å²) >= 11 is 1.70. The Kier molecular flexibility index (Phi) is 5.23. The van der Waals surface area contributed by atoms with Gasteiger partial charge in [-0.15, -0.1) is 0 Å². The first kappa shape index (κ1) is 13.1. The van der Waals surface area contributed by atoms with Gasteiger partial charge in [0.05, 0.1) is 0 Å². The molecule has 2 rings (SSSR count). The Balaban J connectivity index is 1.56. The van der Waals surface area contributed by atoms with Crippen LogP contribution in [0.1, 0.15) is 12.1 Å². The third-order valence-electron chi connectivity index (χ3n) is 2.63. The molecule has 0 aliphatic rings. The van der Waals surface area contributed by atoms with Crippen molar-refractivity contribution in [3.8, 4) is 0 Å². The maximum Gasteiger partial charge on any atom is 0.187 e. The molecule has 0 saturated carbocycles. The van der Waals surface area contributed by atoms with Crippen molar-refractivity contribution in [3.05, 3.63) is 42.5 Å². The molecule has 5 heteroatoms. The molecular formula is C13H18N4S. The number of hydrogen-bond acceptors (Lipinski definition) is 4.